The maximum atomic E-state index is 14.3. The molecule has 1 aromatic heterocycles. The molecule has 4 aliphatic rings. The summed E-state index contributed by atoms with van der Waals surface area (Å²) in [6.45, 7) is 4.77. The highest BCUT2D eigenvalue weighted by Gasteiger charge is 2.51. The van der Waals surface area contributed by atoms with Gasteiger partial charge in [0.25, 0.3) is 11.8 Å². The SMILES string of the molecule is CC(C)C(NC(=O)C1C=C2c3cccc4[nH]cc(c34)CC2N(C)C1)C(=O)N1C(=O)C2CCCN2C(=O)C1Cc1ccccc1. The summed E-state index contributed by atoms with van der Waals surface area (Å²) in [5.74, 6) is -2.06. The molecule has 3 aromatic rings. The number of H-pyrrole nitrogens is 1. The minimum Gasteiger partial charge on any atom is -0.361 e. The maximum Gasteiger partial charge on any atom is 0.252 e. The molecule has 2 N–H and O–H groups in total. The predicted octanol–water partition coefficient (Wildman–Crippen LogP) is 3.15. The second kappa shape index (κ2) is 11.0. The predicted molar refractivity (Wildman–Crippen MR) is 167 cm³/mol. The van der Waals surface area contributed by atoms with Crippen LogP contribution in [0, 0.1) is 11.8 Å². The average molecular weight is 594 g/mol. The van der Waals surface area contributed by atoms with Crippen LogP contribution in [0.4, 0.5) is 0 Å². The number of amides is 4. The number of fused-ring (bicyclic) bond motifs is 3. The number of benzene rings is 2. The van der Waals surface area contributed by atoms with Gasteiger partial charge in [-0.2, -0.15) is 0 Å². The number of carbonyl (C=O) groups is 4. The van der Waals surface area contributed by atoms with Crippen LogP contribution in [0.25, 0.3) is 16.5 Å². The summed E-state index contributed by atoms with van der Waals surface area (Å²) in [6, 6.07) is 13.4. The Bertz CT molecular complexity index is 1680. The Morgan fingerprint density at radius 3 is 2.59 bits per heavy atom. The van der Waals surface area contributed by atoms with Crippen molar-refractivity contribution in [2.45, 2.75) is 63.7 Å². The Labute approximate surface area is 257 Å². The van der Waals surface area contributed by atoms with E-state index < -0.39 is 30.0 Å². The fourth-order valence-electron chi connectivity index (χ4n) is 7.72. The van der Waals surface area contributed by atoms with Crippen molar-refractivity contribution >= 4 is 40.1 Å². The van der Waals surface area contributed by atoms with Gasteiger partial charge >= 0.3 is 0 Å². The zero-order valence-electron chi connectivity index (χ0n) is 25.5. The standard InChI is InChI=1S/C35H39N5O4/c1-20(2)31(35(44)40-29(15-21-9-5-4-6-10-21)33(42)39-14-8-13-27(39)34(40)43)37-32(41)23-16-25-24-11-7-12-26-30(24)22(18-36-26)17-28(25)38(3)19-23/h4-7,9-12,16,18,20,23,27-29,31,36H,8,13-15,17,19H2,1-3H3,(H,37,41). The van der Waals surface area contributed by atoms with Crippen molar-refractivity contribution in [3.05, 3.63) is 77.5 Å². The number of nitrogens with one attached hydrogen (secondary N) is 2. The first-order chi connectivity index (χ1) is 21.2. The highest BCUT2D eigenvalue weighted by atomic mass is 16.2. The van der Waals surface area contributed by atoms with Gasteiger partial charge in [-0.05, 0) is 60.6 Å². The molecule has 0 bridgehead atoms. The van der Waals surface area contributed by atoms with Crippen molar-refractivity contribution in [2.75, 3.05) is 20.1 Å². The Kier molecular flexibility index (Phi) is 7.16. The van der Waals surface area contributed by atoms with Crippen LogP contribution in [0.3, 0.4) is 0 Å². The number of rotatable bonds is 6. The summed E-state index contributed by atoms with van der Waals surface area (Å²) in [5.41, 5.74) is 5.51. The normalized spacial score (nSPS) is 25.6. The molecule has 4 amide bonds. The van der Waals surface area contributed by atoms with Crippen molar-refractivity contribution in [1.82, 2.24) is 25.0 Å². The quantitative estimate of drug-likeness (QED) is 0.457. The van der Waals surface area contributed by atoms with Gasteiger partial charge < -0.3 is 15.2 Å². The van der Waals surface area contributed by atoms with E-state index in [1.54, 1.807) is 4.90 Å². The highest BCUT2D eigenvalue weighted by Crippen LogP contribution is 2.41. The summed E-state index contributed by atoms with van der Waals surface area (Å²) in [4.78, 5) is 64.3. The first-order valence-corrected chi connectivity index (χ1v) is 15.8. The Balaban J connectivity index is 1.17. The number of aromatic amines is 1. The molecule has 228 valence electrons. The molecule has 1 aliphatic carbocycles. The fourth-order valence-corrected chi connectivity index (χ4v) is 7.72. The lowest BCUT2D eigenvalue weighted by molar-refractivity contribution is -0.167. The molecule has 3 aliphatic heterocycles. The van der Waals surface area contributed by atoms with Gasteiger partial charge in [0, 0.05) is 42.7 Å². The fraction of sp³-hybridized carbons (Fsp3) is 0.429. The van der Waals surface area contributed by atoms with E-state index in [9.17, 15) is 19.2 Å². The molecule has 2 saturated heterocycles. The van der Waals surface area contributed by atoms with Crippen molar-refractivity contribution in [1.29, 1.82) is 0 Å². The lowest BCUT2D eigenvalue weighted by Crippen LogP contribution is -2.68. The number of piperazine rings is 1. The number of likely N-dealkylation sites (N-methyl/N-ethyl adjacent to an activating group) is 1. The topological polar surface area (TPSA) is 106 Å². The van der Waals surface area contributed by atoms with Crippen molar-refractivity contribution in [2.24, 2.45) is 11.8 Å². The first kappa shape index (κ1) is 28.5. The van der Waals surface area contributed by atoms with E-state index in [2.05, 4.69) is 39.6 Å². The third-order valence-electron chi connectivity index (χ3n) is 10.00. The monoisotopic (exact) mass is 593 g/mol. The van der Waals surface area contributed by atoms with Crippen molar-refractivity contribution in [3.8, 4) is 0 Å². The first-order valence-electron chi connectivity index (χ1n) is 15.8. The van der Waals surface area contributed by atoms with Gasteiger partial charge in [0.05, 0.1) is 5.92 Å². The molecule has 0 spiro atoms. The largest absolute Gasteiger partial charge is 0.361 e. The molecule has 5 unspecified atom stereocenters. The number of nitrogens with zero attached hydrogens (tertiary/aromatic N) is 3. The lowest BCUT2D eigenvalue weighted by atomic mass is 9.79. The van der Waals surface area contributed by atoms with E-state index in [0.29, 0.717) is 19.5 Å². The molecular formula is C35H39N5O4. The minimum absolute atomic E-state index is 0.167. The zero-order valence-corrected chi connectivity index (χ0v) is 25.5. The number of hydrogen-bond acceptors (Lipinski definition) is 5. The van der Waals surface area contributed by atoms with Gasteiger partial charge in [-0.1, -0.05) is 62.4 Å². The van der Waals surface area contributed by atoms with E-state index >= 15 is 0 Å². The second-order valence-corrected chi connectivity index (χ2v) is 13.1. The van der Waals surface area contributed by atoms with Crippen molar-refractivity contribution < 1.29 is 19.2 Å². The van der Waals surface area contributed by atoms with Gasteiger partial charge in [0.1, 0.15) is 18.1 Å². The molecule has 2 aromatic carbocycles. The van der Waals surface area contributed by atoms with Crippen LogP contribution in [0.2, 0.25) is 0 Å². The van der Waals surface area contributed by atoms with E-state index in [1.165, 1.54) is 15.8 Å². The number of imide groups is 1. The van der Waals surface area contributed by atoms with Crippen LogP contribution in [0.5, 0.6) is 0 Å². The van der Waals surface area contributed by atoms with Crippen LogP contribution >= 0.6 is 0 Å². The third kappa shape index (κ3) is 4.65. The highest BCUT2D eigenvalue weighted by molar-refractivity contribution is 6.09. The van der Waals surface area contributed by atoms with Crippen LogP contribution < -0.4 is 5.32 Å². The molecule has 0 radical (unpaired) electrons. The van der Waals surface area contributed by atoms with E-state index in [-0.39, 0.29) is 36.1 Å². The molecule has 4 heterocycles. The van der Waals surface area contributed by atoms with Gasteiger partial charge in [0.15, 0.2) is 0 Å². The minimum atomic E-state index is -0.946. The zero-order chi connectivity index (χ0) is 30.7. The van der Waals surface area contributed by atoms with Gasteiger partial charge in [-0.15, -0.1) is 0 Å². The summed E-state index contributed by atoms with van der Waals surface area (Å²) in [6.07, 6.45) is 6.54. The molecule has 9 nitrogen and oxygen atoms in total. The summed E-state index contributed by atoms with van der Waals surface area (Å²) < 4.78 is 0. The van der Waals surface area contributed by atoms with Crippen LogP contribution in [0.15, 0.2) is 60.8 Å². The summed E-state index contributed by atoms with van der Waals surface area (Å²) >= 11 is 0. The Hall–Kier alpha value is -4.24. The lowest BCUT2D eigenvalue weighted by Gasteiger charge is -2.43. The average Bonchev–Trinajstić information content (AvgIpc) is 3.68. The van der Waals surface area contributed by atoms with E-state index in [1.807, 2.05) is 57.3 Å². The Morgan fingerprint density at radius 1 is 1.02 bits per heavy atom. The molecular weight excluding hydrogens is 554 g/mol. The van der Waals surface area contributed by atoms with E-state index in [4.69, 9.17) is 0 Å². The summed E-state index contributed by atoms with van der Waals surface area (Å²) in [5, 5.41) is 4.24. The second-order valence-electron chi connectivity index (χ2n) is 13.1. The van der Waals surface area contributed by atoms with Gasteiger partial charge in [0.2, 0.25) is 11.8 Å². The van der Waals surface area contributed by atoms with Crippen LogP contribution in [-0.2, 0) is 32.0 Å². The maximum absolute atomic E-state index is 14.3. The third-order valence-corrected chi connectivity index (χ3v) is 10.00. The van der Waals surface area contributed by atoms with Crippen LogP contribution in [-0.4, -0.2) is 87.6 Å². The molecule has 7 rings (SSSR count). The summed E-state index contributed by atoms with van der Waals surface area (Å²) in [7, 11) is 2.04. The number of hydrogen-bond donors (Lipinski definition) is 2. The number of carbonyl (C=O) groups excluding carboxylic acids is 4. The smallest absolute Gasteiger partial charge is 0.252 e. The number of aromatic nitrogens is 1. The molecule has 5 atom stereocenters. The molecule has 0 saturated carbocycles. The van der Waals surface area contributed by atoms with Crippen molar-refractivity contribution in [3.63, 3.8) is 0 Å². The molecule has 9 heteroatoms. The Morgan fingerprint density at radius 2 is 1.82 bits per heavy atom. The van der Waals surface area contributed by atoms with Crippen LogP contribution in [0.1, 0.15) is 43.4 Å². The van der Waals surface area contributed by atoms with E-state index in [0.717, 1.165) is 35.1 Å². The van der Waals surface area contributed by atoms with Gasteiger partial charge in [-0.3, -0.25) is 29.0 Å². The molecule has 44 heavy (non-hydrogen) atoms. The molecule has 2 fully saturated rings. The van der Waals surface area contributed by atoms with Gasteiger partial charge in [-0.25, -0.2) is 0 Å².